The van der Waals surface area contributed by atoms with Gasteiger partial charge in [0.1, 0.15) is 11.5 Å². The second-order valence-corrected chi connectivity index (χ2v) is 8.72. The van der Waals surface area contributed by atoms with E-state index in [1.807, 2.05) is 48.5 Å². The Kier molecular flexibility index (Phi) is 7.97. The number of nitrogens with one attached hydrogen (secondary N) is 1. The van der Waals surface area contributed by atoms with Gasteiger partial charge >= 0.3 is 0 Å². The van der Waals surface area contributed by atoms with Crippen LogP contribution in [0.4, 0.5) is 0 Å². The molecule has 2 heterocycles. The molecule has 31 heavy (non-hydrogen) atoms. The molecule has 166 valence electrons. The third-order valence-electron chi connectivity index (χ3n) is 6.48. The molecule has 0 atom stereocenters. The zero-order valence-corrected chi connectivity index (χ0v) is 18.5. The second-order valence-electron chi connectivity index (χ2n) is 8.72. The lowest BCUT2D eigenvalue weighted by atomic mass is 10.00. The Bertz CT molecular complexity index is 812. The smallest absolute Gasteiger partial charge is 0.251 e. The summed E-state index contributed by atoms with van der Waals surface area (Å²) in [6.45, 7) is 6.74. The van der Waals surface area contributed by atoms with Crippen LogP contribution in [0.15, 0.2) is 54.6 Å². The molecule has 2 aliphatic rings. The maximum absolute atomic E-state index is 12.5. The van der Waals surface area contributed by atoms with Crippen molar-refractivity contribution in [3.63, 3.8) is 0 Å². The summed E-state index contributed by atoms with van der Waals surface area (Å²) in [5.41, 5.74) is 0.635. The zero-order chi connectivity index (χ0) is 21.3. The molecule has 2 aliphatic heterocycles. The zero-order valence-electron chi connectivity index (χ0n) is 18.5. The number of ether oxygens (including phenoxy) is 1. The summed E-state index contributed by atoms with van der Waals surface area (Å²) in [5.74, 6) is 1.40. The molecular weight excluding hydrogens is 386 g/mol. The van der Waals surface area contributed by atoms with Gasteiger partial charge in [0.05, 0.1) is 0 Å². The maximum atomic E-state index is 12.5. The number of rotatable bonds is 8. The van der Waals surface area contributed by atoms with Crippen LogP contribution in [0.3, 0.4) is 0 Å². The molecule has 2 aromatic rings. The first-order valence-corrected chi connectivity index (χ1v) is 11.9. The number of benzene rings is 2. The number of piperidine rings is 2. The van der Waals surface area contributed by atoms with Crippen LogP contribution < -0.4 is 10.1 Å². The SMILES string of the molecule is O=C(NCCCN1CCC(N2CCCCC2)CC1)c1cccc(Oc2ccccc2)c1. The van der Waals surface area contributed by atoms with Gasteiger partial charge in [-0.25, -0.2) is 0 Å². The number of likely N-dealkylation sites (tertiary alicyclic amines) is 2. The summed E-state index contributed by atoms with van der Waals surface area (Å²) in [4.78, 5) is 17.8. The van der Waals surface area contributed by atoms with Crippen LogP contribution >= 0.6 is 0 Å². The van der Waals surface area contributed by atoms with Gasteiger partial charge in [0, 0.05) is 18.2 Å². The Morgan fingerprint density at radius 2 is 1.65 bits per heavy atom. The number of hydrogen-bond donors (Lipinski definition) is 1. The number of amides is 1. The molecule has 4 rings (SSSR count). The van der Waals surface area contributed by atoms with Crippen molar-refractivity contribution < 1.29 is 9.53 Å². The van der Waals surface area contributed by atoms with E-state index >= 15 is 0 Å². The highest BCUT2D eigenvalue weighted by Gasteiger charge is 2.25. The molecule has 0 saturated carbocycles. The molecule has 2 saturated heterocycles. The van der Waals surface area contributed by atoms with Crippen molar-refractivity contribution in [2.45, 2.75) is 44.6 Å². The van der Waals surface area contributed by atoms with Crippen LogP contribution in [0.25, 0.3) is 0 Å². The first-order chi connectivity index (χ1) is 15.3. The molecule has 0 aromatic heterocycles. The van der Waals surface area contributed by atoms with E-state index < -0.39 is 0 Å². The summed E-state index contributed by atoms with van der Waals surface area (Å²) in [6.07, 6.45) is 7.73. The fourth-order valence-corrected chi connectivity index (χ4v) is 4.72. The van der Waals surface area contributed by atoms with Crippen molar-refractivity contribution in [1.82, 2.24) is 15.1 Å². The summed E-state index contributed by atoms with van der Waals surface area (Å²) < 4.78 is 5.84. The number of hydrogen-bond acceptors (Lipinski definition) is 4. The topological polar surface area (TPSA) is 44.8 Å². The molecule has 2 aromatic carbocycles. The van der Waals surface area contributed by atoms with Gasteiger partial charge in [-0.3, -0.25) is 4.79 Å². The molecule has 1 N–H and O–H groups in total. The second kappa shape index (κ2) is 11.3. The quantitative estimate of drug-likeness (QED) is 0.635. The van der Waals surface area contributed by atoms with Gasteiger partial charge in [-0.05, 0) is 95.2 Å². The fraction of sp³-hybridized carbons (Fsp3) is 0.500. The monoisotopic (exact) mass is 421 g/mol. The van der Waals surface area contributed by atoms with Gasteiger partial charge in [-0.1, -0.05) is 30.7 Å². The van der Waals surface area contributed by atoms with E-state index in [1.54, 1.807) is 6.07 Å². The van der Waals surface area contributed by atoms with Gasteiger partial charge in [0.2, 0.25) is 0 Å². The third-order valence-corrected chi connectivity index (χ3v) is 6.48. The fourth-order valence-electron chi connectivity index (χ4n) is 4.72. The number of para-hydroxylation sites is 1. The molecule has 0 bridgehead atoms. The van der Waals surface area contributed by atoms with E-state index in [9.17, 15) is 4.79 Å². The predicted octanol–water partition coefficient (Wildman–Crippen LogP) is 4.55. The van der Waals surface area contributed by atoms with E-state index in [1.165, 1.54) is 58.3 Å². The molecule has 1 amide bonds. The van der Waals surface area contributed by atoms with Gasteiger partial charge in [-0.2, -0.15) is 0 Å². The summed E-state index contributed by atoms with van der Waals surface area (Å²) in [5, 5.41) is 3.06. The lowest BCUT2D eigenvalue weighted by Crippen LogP contribution is -2.47. The van der Waals surface area contributed by atoms with Crippen molar-refractivity contribution >= 4 is 5.91 Å². The highest BCUT2D eigenvalue weighted by atomic mass is 16.5. The lowest BCUT2D eigenvalue weighted by molar-refractivity contribution is 0.0902. The van der Waals surface area contributed by atoms with Gasteiger partial charge in [0.25, 0.3) is 5.91 Å². The first-order valence-electron chi connectivity index (χ1n) is 11.9. The minimum atomic E-state index is -0.0395. The lowest BCUT2D eigenvalue weighted by Gasteiger charge is -2.40. The van der Waals surface area contributed by atoms with E-state index in [0.717, 1.165) is 24.8 Å². The Morgan fingerprint density at radius 1 is 0.903 bits per heavy atom. The molecule has 5 heteroatoms. The summed E-state index contributed by atoms with van der Waals surface area (Å²) in [6, 6.07) is 17.8. The Balaban J connectivity index is 1.15. The van der Waals surface area contributed by atoms with Crippen molar-refractivity contribution in [3.05, 3.63) is 60.2 Å². The van der Waals surface area contributed by atoms with E-state index in [4.69, 9.17) is 4.74 Å². The van der Waals surface area contributed by atoms with E-state index in [2.05, 4.69) is 15.1 Å². The summed E-state index contributed by atoms with van der Waals surface area (Å²) in [7, 11) is 0. The number of carbonyl (C=O) groups is 1. The van der Waals surface area contributed by atoms with Gasteiger partial charge < -0.3 is 19.9 Å². The Hall–Kier alpha value is -2.37. The minimum absolute atomic E-state index is 0.0395. The minimum Gasteiger partial charge on any atom is -0.457 e. The van der Waals surface area contributed by atoms with Crippen LogP contribution in [-0.4, -0.2) is 61.0 Å². The average molecular weight is 422 g/mol. The molecular formula is C26H35N3O2. The van der Waals surface area contributed by atoms with E-state index in [0.29, 0.717) is 17.9 Å². The Morgan fingerprint density at radius 3 is 2.42 bits per heavy atom. The van der Waals surface area contributed by atoms with Crippen molar-refractivity contribution in [1.29, 1.82) is 0 Å². The molecule has 0 spiro atoms. The normalized spacial score (nSPS) is 18.6. The number of carbonyl (C=O) groups excluding carboxylic acids is 1. The van der Waals surface area contributed by atoms with Crippen LogP contribution in [0.5, 0.6) is 11.5 Å². The van der Waals surface area contributed by atoms with Crippen LogP contribution in [-0.2, 0) is 0 Å². The molecule has 0 aliphatic carbocycles. The predicted molar refractivity (Wildman–Crippen MR) is 125 cm³/mol. The van der Waals surface area contributed by atoms with Crippen molar-refractivity contribution in [2.75, 3.05) is 39.3 Å². The van der Waals surface area contributed by atoms with Crippen LogP contribution in [0, 0.1) is 0 Å². The molecule has 2 fully saturated rings. The largest absolute Gasteiger partial charge is 0.457 e. The van der Waals surface area contributed by atoms with Gasteiger partial charge in [0.15, 0.2) is 0 Å². The van der Waals surface area contributed by atoms with Crippen molar-refractivity contribution in [2.24, 2.45) is 0 Å². The van der Waals surface area contributed by atoms with Gasteiger partial charge in [-0.15, -0.1) is 0 Å². The van der Waals surface area contributed by atoms with E-state index in [-0.39, 0.29) is 5.91 Å². The number of nitrogens with zero attached hydrogens (tertiary/aromatic N) is 2. The molecule has 0 radical (unpaired) electrons. The van der Waals surface area contributed by atoms with Crippen molar-refractivity contribution in [3.8, 4) is 11.5 Å². The standard InChI is InChI=1S/C26H35N3O2/c30-26(22-9-7-12-25(21-22)31-24-10-3-1-4-11-24)27-15-8-16-28-19-13-23(14-20-28)29-17-5-2-6-18-29/h1,3-4,7,9-12,21,23H,2,5-6,8,13-20H2,(H,27,30). The highest BCUT2D eigenvalue weighted by Crippen LogP contribution is 2.22. The highest BCUT2D eigenvalue weighted by molar-refractivity contribution is 5.94. The maximum Gasteiger partial charge on any atom is 0.251 e. The van der Waals surface area contributed by atoms with Crippen LogP contribution in [0.2, 0.25) is 0 Å². The van der Waals surface area contributed by atoms with Crippen LogP contribution in [0.1, 0.15) is 48.9 Å². The average Bonchev–Trinajstić information content (AvgIpc) is 2.83. The third kappa shape index (κ3) is 6.55. The molecule has 0 unspecified atom stereocenters. The summed E-state index contributed by atoms with van der Waals surface area (Å²) >= 11 is 0. The first kappa shape index (κ1) is 21.8. The Labute approximate surface area is 186 Å². The molecule has 5 nitrogen and oxygen atoms in total.